The van der Waals surface area contributed by atoms with Gasteiger partial charge < -0.3 is 21.5 Å². The summed E-state index contributed by atoms with van der Waals surface area (Å²) in [5.74, 6) is 0.333. The molecular weight excluding hydrogens is 330 g/mol. The summed E-state index contributed by atoms with van der Waals surface area (Å²) in [5.41, 5.74) is 11.0. The van der Waals surface area contributed by atoms with Gasteiger partial charge in [-0.3, -0.25) is 9.59 Å². The lowest BCUT2D eigenvalue weighted by Crippen LogP contribution is -2.52. The van der Waals surface area contributed by atoms with Crippen LogP contribution in [0.25, 0.3) is 0 Å². The van der Waals surface area contributed by atoms with E-state index < -0.39 is 11.4 Å². The van der Waals surface area contributed by atoms with Crippen LogP contribution in [-0.4, -0.2) is 30.5 Å². The molecule has 0 aromatic heterocycles. The molecule has 7 heteroatoms. The number of carbonyl (C=O) groups excluding carboxylic acids is 2. The van der Waals surface area contributed by atoms with Gasteiger partial charge >= 0.3 is 0 Å². The van der Waals surface area contributed by atoms with Crippen molar-refractivity contribution in [3.8, 4) is 5.75 Å². The second-order valence-electron chi connectivity index (χ2n) is 6.40. The van der Waals surface area contributed by atoms with Gasteiger partial charge in [0.05, 0.1) is 13.0 Å². The summed E-state index contributed by atoms with van der Waals surface area (Å²) < 4.78 is 5.50. The quantitative estimate of drug-likeness (QED) is 0.626. The molecule has 1 atom stereocenters. The summed E-state index contributed by atoms with van der Waals surface area (Å²) in [5, 5.41) is 2.97. The minimum atomic E-state index is -0.513. The Kier molecular flexibility index (Phi) is 9.40. The summed E-state index contributed by atoms with van der Waals surface area (Å²) in [4.78, 5) is 23.1. The largest absolute Gasteiger partial charge is 0.493 e. The number of ether oxygens (including phenoxy) is 1. The van der Waals surface area contributed by atoms with Gasteiger partial charge in [0.25, 0.3) is 0 Å². The van der Waals surface area contributed by atoms with Crippen LogP contribution >= 0.6 is 12.4 Å². The highest BCUT2D eigenvalue weighted by Gasteiger charge is 2.25. The van der Waals surface area contributed by atoms with E-state index in [-0.39, 0.29) is 31.3 Å². The minimum absolute atomic E-state index is 0. The SMILES string of the molecule is CC(C)CC(C)(CN)NC(=O)CCOc1cccc(C(N)=O)c1.Cl. The van der Waals surface area contributed by atoms with E-state index in [9.17, 15) is 9.59 Å². The first-order valence-electron chi connectivity index (χ1n) is 7.79. The Morgan fingerprint density at radius 2 is 2.00 bits per heavy atom. The molecule has 0 saturated heterocycles. The van der Waals surface area contributed by atoms with Crippen molar-refractivity contribution < 1.29 is 14.3 Å². The lowest BCUT2D eigenvalue weighted by atomic mass is 9.90. The number of hydrogen-bond donors (Lipinski definition) is 3. The number of rotatable bonds is 9. The third-order valence-electron chi connectivity index (χ3n) is 3.47. The zero-order valence-corrected chi connectivity index (χ0v) is 15.3. The second-order valence-corrected chi connectivity index (χ2v) is 6.40. The molecule has 136 valence electrons. The summed E-state index contributed by atoms with van der Waals surface area (Å²) >= 11 is 0. The van der Waals surface area contributed by atoms with Crippen molar-refractivity contribution in [3.63, 3.8) is 0 Å². The fourth-order valence-corrected chi connectivity index (χ4v) is 2.49. The smallest absolute Gasteiger partial charge is 0.248 e. The maximum absolute atomic E-state index is 12.0. The van der Waals surface area contributed by atoms with E-state index in [0.29, 0.717) is 23.8 Å². The monoisotopic (exact) mass is 357 g/mol. The minimum Gasteiger partial charge on any atom is -0.493 e. The topological polar surface area (TPSA) is 107 Å². The lowest BCUT2D eigenvalue weighted by Gasteiger charge is -2.31. The standard InChI is InChI=1S/C17H27N3O3.ClH/c1-12(2)10-17(3,11-18)20-15(21)7-8-23-14-6-4-5-13(9-14)16(19)22;/h4-6,9,12H,7-8,10-11,18H2,1-3H3,(H2,19,22)(H,20,21);1H. The Bertz CT molecular complexity index is 552. The van der Waals surface area contributed by atoms with Crippen molar-refractivity contribution in [2.45, 2.75) is 39.2 Å². The van der Waals surface area contributed by atoms with Crippen LogP contribution in [0, 0.1) is 5.92 Å². The summed E-state index contributed by atoms with van der Waals surface area (Å²) in [6.07, 6.45) is 1.03. The van der Waals surface area contributed by atoms with Crippen LogP contribution in [0.1, 0.15) is 44.0 Å². The fraction of sp³-hybridized carbons (Fsp3) is 0.529. The van der Waals surface area contributed by atoms with Gasteiger partial charge in [0.1, 0.15) is 5.75 Å². The lowest BCUT2D eigenvalue weighted by molar-refractivity contribution is -0.123. The van der Waals surface area contributed by atoms with Crippen LogP contribution < -0.4 is 21.5 Å². The summed E-state index contributed by atoms with van der Waals surface area (Å²) in [7, 11) is 0. The van der Waals surface area contributed by atoms with Crippen molar-refractivity contribution in [1.82, 2.24) is 5.32 Å². The highest BCUT2D eigenvalue weighted by atomic mass is 35.5. The number of amides is 2. The van der Waals surface area contributed by atoms with Gasteiger partial charge in [0.2, 0.25) is 11.8 Å². The van der Waals surface area contributed by atoms with Gasteiger partial charge in [0, 0.05) is 17.6 Å². The van der Waals surface area contributed by atoms with Crippen molar-refractivity contribution in [1.29, 1.82) is 0 Å². The van der Waals surface area contributed by atoms with E-state index in [1.165, 1.54) is 0 Å². The Labute approximate surface area is 149 Å². The Balaban J connectivity index is 0.00000529. The number of nitrogens with two attached hydrogens (primary N) is 2. The van der Waals surface area contributed by atoms with E-state index in [1.54, 1.807) is 24.3 Å². The average Bonchev–Trinajstić information content (AvgIpc) is 2.46. The van der Waals surface area contributed by atoms with Crippen LogP contribution in [0.5, 0.6) is 5.75 Å². The first-order chi connectivity index (χ1) is 10.8. The Morgan fingerprint density at radius 3 is 2.54 bits per heavy atom. The van der Waals surface area contributed by atoms with Gasteiger partial charge in [-0.05, 0) is 37.5 Å². The molecule has 5 N–H and O–H groups in total. The molecule has 0 fully saturated rings. The van der Waals surface area contributed by atoms with Crippen LogP contribution in [-0.2, 0) is 4.79 Å². The maximum Gasteiger partial charge on any atom is 0.248 e. The molecule has 0 spiro atoms. The molecule has 0 heterocycles. The van der Waals surface area contributed by atoms with Crippen LogP contribution in [0.15, 0.2) is 24.3 Å². The summed E-state index contributed by atoms with van der Waals surface area (Å²) in [6, 6.07) is 6.57. The van der Waals surface area contributed by atoms with Crippen molar-refractivity contribution in [2.24, 2.45) is 17.4 Å². The molecule has 0 saturated carbocycles. The second kappa shape index (κ2) is 10.2. The van der Waals surface area contributed by atoms with E-state index in [1.807, 2.05) is 6.92 Å². The number of halogens is 1. The predicted octanol–water partition coefficient (Wildman–Crippen LogP) is 1.86. The maximum atomic E-state index is 12.0. The van der Waals surface area contributed by atoms with Crippen molar-refractivity contribution >= 4 is 24.2 Å². The summed E-state index contributed by atoms with van der Waals surface area (Å²) in [6.45, 7) is 6.74. The highest BCUT2D eigenvalue weighted by Crippen LogP contribution is 2.16. The molecule has 6 nitrogen and oxygen atoms in total. The normalized spacial score (nSPS) is 12.9. The number of benzene rings is 1. The molecule has 1 rings (SSSR count). The van der Waals surface area contributed by atoms with Crippen LogP contribution in [0.4, 0.5) is 0 Å². The Hall–Kier alpha value is -1.79. The van der Waals surface area contributed by atoms with E-state index in [0.717, 1.165) is 6.42 Å². The van der Waals surface area contributed by atoms with Crippen LogP contribution in [0.2, 0.25) is 0 Å². The van der Waals surface area contributed by atoms with Gasteiger partial charge in [0.15, 0.2) is 0 Å². The van der Waals surface area contributed by atoms with Gasteiger partial charge in [-0.1, -0.05) is 19.9 Å². The predicted molar refractivity (Wildman–Crippen MR) is 97.4 cm³/mol. The first kappa shape index (κ1) is 22.2. The first-order valence-corrected chi connectivity index (χ1v) is 7.79. The highest BCUT2D eigenvalue weighted by molar-refractivity contribution is 5.93. The van der Waals surface area contributed by atoms with Gasteiger partial charge in [-0.25, -0.2) is 0 Å². The van der Waals surface area contributed by atoms with Gasteiger partial charge in [-0.2, -0.15) is 0 Å². The van der Waals surface area contributed by atoms with E-state index >= 15 is 0 Å². The fourth-order valence-electron chi connectivity index (χ4n) is 2.49. The van der Waals surface area contributed by atoms with Crippen molar-refractivity contribution in [2.75, 3.05) is 13.2 Å². The molecular formula is C17H28ClN3O3. The Morgan fingerprint density at radius 1 is 1.33 bits per heavy atom. The average molecular weight is 358 g/mol. The van der Waals surface area contributed by atoms with Crippen LogP contribution in [0.3, 0.4) is 0 Å². The molecule has 0 radical (unpaired) electrons. The zero-order valence-electron chi connectivity index (χ0n) is 14.5. The number of primary amides is 1. The van der Waals surface area contributed by atoms with E-state index in [4.69, 9.17) is 16.2 Å². The molecule has 0 aliphatic carbocycles. The van der Waals surface area contributed by atoms with Crippen molar-refractivity contribution in [3.05, 3.63) is 29.8 Å². The molecule has 0 bridgehead atoms. The molecule has 1 aromatic rings. The molecule has 1 unspecified atom stereocenters. The molecule has 24 heavy (non-hydrogen) atoms. The number of nitrogens with one attached hydrogen (secondary N) is 1. The third-order valence-corrected chi connectivity index (χ3v) is 3.47. The zero-order chi connectivity index (χ0) is 17.5. The van der Waals surface area contributed by atoms with Gasteiger partial charge in [-0.15, -0.1) is 12.4 Å². The molecule has 0 aliphatic rings. The molecule has 0 aliphatic heterocycles. The number of hydrogen-bond acceptors (Lipinski definition) is 4. The third kappa shape index (κ3) is 7.66. The molecule has 1 aromatic carbocycles. The number of carbonyl (C=O) groups is 2. The molecule has 2 amide bonds. The van der Waals surface area contributed by atoms with E-state index in [2.05, 4.69) is 19.2 Å².